The fourth-order valence-electron chi connectivity index (χ4n) is 1.85. The number of amides is 1. The summed E-state index contributed by atoms with van der Waals surface area (Å²) in [6.45, 7) is -0.212. The molecule has 0 atom stereocenters. The zero-order chi connectivity index (χ0) is 18.2. The summed E-state index contributed by atoms with van der Waals surface area (Å²) in [6, 6.07) is 11.4. The number of methoxy groups -OCH3 is 1. The van der Waals surface area contributed by atoms with Gasteiger partial charge >= 0.3 is 5.69 Å². The van der Waals surface area contributed by atoms with E-state index in [1.807, 2.05) is 6.07 Å². The third-order valence-electron chi connectivity index (χ3n) is 2.97. The summed E-state index contributed by atoms with van der Waals surface area (Å²) in [5.74, 6) is 0.229. The van der Waals surface area contributed by atoms with Gasteiger partial charge in [0.25, 0.3) is 5.91 Å². The number of hydrazone groups is 1. The number of carbonyl (C=O) groups excluding carboxylic acids is 1. The first-order valence-electron chi connectivity index (χ1n) is 7.02. The van der Waals surface area contributed by atoms with E-state index in [0.717, 1.165) is 4.47 Å². The van der Waals surface area contributed by atoms with Crippen molar-refractivity contribution in [1.82, 2.24) is 5.43 Å². The van der Waals surface area contributed by atoms with Crippen LogP contribution in [0, 0.1) is 10.1 Å². The highest BCUT2D eigenvalue weighted by Gasteiger charge is 2.14. The summed E-state index contributed by atoms with van der Waals surface area (Å²) in [5.41, 5.74) is 2.55. The van der Waals surface area contributed by atoms with Crippen LogP contribution in [0.15, 0.2) is 52.0 Å². The number of benzene rings is 2. The minimum absolute atomic E-state index is 0.147. The van der Waals surface area contributed by atoms with E-state index in [2.05, 4.69) is 26.5 Å². The van der Waals surface area contributed by atoms with Gasteiger partial charge in [-0.25, -0.2) is 5.43 Å². The van der Waals surface area contributed by atoms with Crippen molar-refractivity contribution in [3.8, 4) is 11.5 Å². The quantitative estimate of drug-likeness (QED) is 0.431. The van der Waals surface area contributed by atoms with Crippen molar-refractivity contribution in [2.24, 2.45) is 5.10 Å². The molecule has 2 aromatic rings. The van der Waals surface area contributed by atoms with Crippen molar-refractivity contribution >= 4 is 33.7 Å². The van der Waals surface area contributed by atoms with Crippen molar-refractivity contribution in [2.75, 3.05) is 13.7 Å². The highest BCUT2D eigenvalue weighted by Crippen LogP contribution is 2.26. The van der Waals surface area contributed by atoms with Crippen molar-refractivity contribution < 1.29 is 19.2 Å². The Hall–Kier alpha value is -2.94. The smallest absolute Gasteiger partial charge is 0.311 e. The largest absolute Gasteiger partial charge is 0.490 e. The van der Waals surface area contributed by atoms with Gasteiger partial charge < -0.3 is 9.47 Å². The SMILES string of the molecule is COc1ccc(/C=N/NC(=O)COc2cccc(Br)c2)cc1[N+](=O)[O-]. The molecule has 1 N–H and O–H groups in total. The summed E-state index contributed by atoms with van der Waals surface area (Å²) in [5, 5.41) is 14.7. The van der Waals surface area contributed by atoms with E-state index in [1.165, 1.54) is 25.5 Å². The minimum Gasteiger partial charge on any atom is -0.490 e. The van der Waals surface area contributed by atoms with Crippen LogP contribution in [0.2, 0.25) is 0 Å². The van der Waals surface area contributed by atoms with E-state index < -0.39 is 10.8 Å². The second-order valence-corrected chi connectivity index (χ2v) is 5.64. The summed E-state index contributed by atoms with van der Waals surface area (Å²) in [4.78, 5) is 22.1. The third kappa shape index (κ3) is 5.57. The maximum atomic E-state index is 11.7. The number of hydrogen-bond donors (Lipinski definition) is 1. The molecule has 0 saturated carbocycles. The maximum Gasteiger partial charge on any atom is 0.311 e. The fourth-order valence-corrected chi connectivity index (χ4v) is 2.22. The number of nitrogens with zero attached hydrogens (tertiary/aromatic N) is 2. The molecule has 0 spiro atoms. The van der Waals surface area contributed by atoms with Crippen LogP contribution in [0.3, 0.4) is 0 Å². The Morgan fingerprint density at radius 3 is 2.84 bits per heavy atom. The molecule has 2 aromatic carbocycles. The summed E-state index contributed by atoms with van der Waals surface area (Å²) in [7, 11) is 1.35. The first-order chi connectivity index (χ1) is 12.0. The normalized spacial score (nSPS) is 10.5. The standard InChI is InChI=1S/C16H14BrN3O5/c1-24-15-6-5-11(7-14(15)20(22)23)9-18-19-16(21)10-25-13-4-2-3-12(17)8-13/h2-9H,10H2,1H3,(H,19,21)/b18-9+. The zero-order valence-corrected chi connectivity index (χ0v) is 14.7. The van der Waals surface area contributed by atoms with Crippen molar-refractivity contribution in [3.05, 3.63) is 62.6 Å². The average Bonchev–Trinajstić information content (AvgIpc) is 2.60. The van der Waals surface area contributed by atoms with E-state index in [1.54, 1.807) is 24.3 Å². The van der Waals surface area contributed by atoms with Gasteiger partial charge in [-0.15, -0.1) is 0 Å². The van der Waals surface area contributed by atoms with Crippen LogP contribution in [0.4, 0.5) is 5.69 Å². The lowest BCUT2D eigenvalue weighted by atomic mass is 10.2. The number of ether oxygens (including phenoxy) is 2. The Kier molecular flexibility index (Phi) is 6.47. The van der Waals surface area contributed by atoms with Crippen LogP contribution in [-0.2, 0) is 4.79 Å². The van der Waals surface area contributed by atoms with Gasteiger partial charge in [0.15, 0.2) is 12.4 Å². The molecule has 25 heavy (non-hydrogen) atoms. The average molecular weight is 408 g/mol. The molecule has 0 aliphatic rings. The van der Waals surface area contributed by atoms with Crippen molar-refractivity contribution in [2.45, 2.75) is 0 Å². The topological polar surface area (TPSA) is 103 Å². The second kappa shape index (κ2) is 8.78. The minimum atomic E-state index is -0.555. The third-order valence-corrected chi connectivity index (χ3v) is 3.46. The van der Waals surface area contributed by atoms with E-state index in [-0.39, 0.29) is 18.0 Å². The molecule has 0 aromatic heterocycles. The van der Waals surface area contributed by atoms with E-state index in [4.69, 9.17) is 9.47 Å². The molecule has 1 amide bonds. The lowest BCUT2D eigenvalue weighted by Gasteiger charge is -2.05. The Bertz CT molecular complexity index is 810. The molecule has 130 valence electrons. The molecule has 0 unspecified atom stereocenters. The number of hydrogen-bond acceptors (Lipinski definition) is 6. The molecule has 0 radical (unpaired) electrons. The van der Waals surface area contributed by atoms with Gasteiger partial charge in [0, 0.05) is 16.1 Å². The van der Waals surface area contributed by atoms with Crippen LogP contribution in [0.25, 0.3) is 0 Å². The number of nitro benzene ring substituents is 1. The summed E-state index contributed by atoms with van der Waals surface area (Å²) >= 11 is 3.30. The number of halogens is 1. The van der Waals surface area contributed by atoms with E-state index >= 15 is 0 Å². The van der Waals surface area contributed by atoms with Crippen LogP contribution >= 0.6 is 15.9 Å². The summed E-state index contributed by atoms with van der Waals surface area (Å²) in [6.07, 6.45) is 1.30. The Labute approximate surface area is 151 Å². The lowest BCUT2D eigenvalue weighted by Crippen LogP contribution is -2.24. The van der Waals surface area contributed by atoms with Crippen molar-refractivity contribution in [1.29, 1.82) is 0 Å². The number of nitrogens with one attached hydrogen (secondary N) is 1. The molecular weight excluding hydrogens is 394 g/mol. The first-order valence-corrected chi connectivity index (χ1v) is 7.81. The highest BCUT2D eigenvalue weighted by molar-refractivity contribution is 9.10. The fraction of sp³-hybridized carbons (Fsp3) is 0.125. The highest BCUT2D eigenvalue weighted by atomic mass is 79.9. The van der Waals surface area contributed by atoms with E-state index in [0.29, 0.717) is 11.3 Å². The number of nitro groups is 1. The molecule has 0 aliphatic heterocycles. The zero-order valence-electron chi connectivity index (χ0n) is 13.1. The second-order valence-electron chi connectivity index (χ2n) is 4.73. The maximum absolute atomic E-state index is 11.7. The lowest BCUT2D eigenvalue weighted by molar-refractivity contribution is -0.385. The summed E-state index contributed by atoms with van der Waals surface area (Å²) < 4.78 is 11.1. The Balaban J connectivity index is 1.91. The van der Waals surface area contributed by atoms with Gasteiger partial charge in [0.05, 0.1) is 18.2 Å². The van der Waals surface area contributed by atoms with Gasteiger partial charge in [0.2, 0.25) is 0 Å². The predicted molar refractivity (Wildman–Crippen MR) is 95.0 cm³/mol. The van der Waals surface area contributed by atoms with Crippen molar-refractivity contribution in [3.63, 3.8) is 0 Å². The van der Waals surface area contributed by atoms with Crippen LogP contribution in [0.1, 0.15) is 5.56 Å². The molecular formula is C16H14BrN3O5. The Morgan fingerprint density at radius 2 is 2.16 bits per heavy atom. The van der Waals surface area contributed by atoms with Gasteiger partial charge in [-0.05, 0) is 30.3 Å². The van der Waals surface area contributed by atoms with Gasteiger partial charge in [-0.1, -0.05) is 22.0 Å². The molecule has 8 nitrogen and oxygen atoms in total. The molecule has 0 fully saturated rings. The van der Waals surface area contributed by atoms with E-state index in [9.17, 15) is 14.9 Å². The first kappa shape index (κ1) is 18.4. The monoisotopic (exact) mass is 407 g/mol. The number of carbonyl (C=O) groups is 1. The van der Waals surface area contributed by atoms with Crippen LogP contribution in [0.5, 0.6) is 11.5 Å². The van der Waals surface area contributed by atoms with Gasteiger partial charge in [-0.2, -0.15) is 5.10 Å². The number of rotatable bonds is 7. The molecule has 2 rings (SSSR count). The van der Waals surface area contributed by atoms with Crippen LogP contribution < -0.4 is 14.9 Å². The molecule has 0 saturated heterocycles. The molecule has 0 aliphatic carbocycles. The Morgan fingerprint density at radius 1 is 1.36 bits per heavy atom. The molecule has 0 heterocycles. The van der Waals surface area contributed by atoms with Gasteiger partial charge in [0.1, 0.15) is 5.75 Å². The predicted octanol–water partition coefficient (Wildman–Crippen LogP) is 2.90. The molecule has 0 bridgehead atoms. The van der Waals surface area contributed by atoms with Gasteiger partial charge in [-0.3, -0.25) is 14.9 Å². The molecule has 9 heteroatoms. The van der Waals surface area contributed by atoms with Crippen LogP contribution in [-0.4, -0.2) is 30.8 Å².